The predicted molar refractivity (Wildman–Crippen MR) is 138 cm³/mol. The Labute approximate surface area is 219 Å². The van der Waals surface area contributed by atoms with Crippen molar-refractivity contribution < 1.29 is 19.2 Å². The molecule has 1 aliphatic carbocycles. The molecule has 2 amide bonds. The highest BCUT2D eigenvalue weighted by Crippen LogP contribution is 2.51. The minimum atomic E-state index is -0.507. The maximum atomic E-state index is 13.7. The van der Waals surface area contributed by atoms with Gasteiger partial charge in [0.25, 0.3) is 11.8 Å². The van der Waals surface area contributed by atoms with Crippen molar-refractivity contribution in [2.45, 2.75) is 32.6 Å². The van der Waals surface area contributed by atoms with Crippen LogP contribution in [0.2, 0.25) is 5.02 Å². The molecule has 0 bridgehead atoms. The number of hydroxylamine groups is 2. The number of carbonyl (C=O) groups excluding carboxylic acids is 3. The third-order valence-corrected chi connectivity index (χ3v) is 7.42. The Kier molecular flexibility index (Phi) is 5.51. The average Bonchev–Trinajstić information content (AvgIpc) is 3.12. The fraction of sp³-hybridized carbons (Fsp3) is 0.241. The fourth-order valence-corrected chi connectivity index (χ4v) is 5.68. The van der Waals surface area contributed by atoms with Crippen molar-refractivity contribution in [2.75, 3.05) is 11.6 Å². The molecule has 0 N–H and O–H groups in total. The minimum Gasteiger partial charge on any atom is -0.303 e. The molecule has 6 rings (SSSR count). The molecule has 7 nitrogen and oxygen atoms in total. The molecule has 0 radical (unpaired) electrons. The first kappa shape index (κ1) is 23.6. The SMILES string of the molecule is CC1(C)CC(=O)C2=C(C1)N(CON1C(=O)c3ccccc3C1=O)c1ncccc1C2c1ccc(Cl)cc1. The lowest BCUT2D eigenvalue weighted by Crippen LogP contribution is -2.43. The Balaban J connectivity index is 1.43. The summed E-state index contributed by atoms with van der Waals surface area (Å²) in [4.78, 5) is 51.8. The van der Waals surface area contributed by atoms with E-state index >= 15 is 0 Å². The summed E-state index contributed by atoms with van der Waals surface area (Å²) < 4.78 is 0. The van der Waals surface area contributed by atoms with Crippen LogP contribution in [0.25, 0.3) is 0 Å². The van der Waals surface area contributed by atoms with Gasteiger partial charge in [-0.2, -0.15) is 0 Å². The summed E-state index contributed by atoms with van der Waals surface area (Å²) in [5.74, 6) is -0.635. The highest BCUT2D eigenvalue weighted by molar-refractivity contribution is 6.30. The Morgan fingerprint density at radius 3 is 2.30 bits per heavy atom. The van der Waals surface area contributed by atoms with Crippen molar-refractivity contribution in [3.8, 4) is 0 Å². The van der Waals surface area contributed by atoms with Gasteiger partial charge in [-0.15, -0.1) is 5.06 Å². The van der Waals surface area contributed by atoms with Gasteiger partial charge in [0.15, 0.2) is 12.5 Å². The lowest BCUT2D eigenvalue weighted by atomic mass is 9.68. The van der Waals surface area contributed by atoms with Gasteiger partial charge in [-0.3, -0.25) is 14.4 Å². The number of fused-ring (bicyclic) bond motifs is 2. The van der Waals surface area contributed by atoms with Crippen LogP contribution in [-0.4, -0.2) is 34.4 Å². The van der Waals surface area contributed by atoms with Crippen LogP contribution in [0.5, 0.6) is 0 Å². The minimum absolute atomic E-state index is 0.0615. The van der Waals surface area contributed by atoms with Gasteiger partial charge in [0.2, 0.25) is 0 Å². The van der Waals surface area contributed by atoms with E-state index in [2.05, 4.69) is 18.8 Å². The number of halogens is 1. The standard InChI is InChI=1S/C29H24ClN3O4/c1-29(2)14-22-25(23(34)15-29)24(17-9-11-18(30)12-10-17)21-8-5-13-31-26(21)32(22)16-37-33-27(35)19-6-3-4-7-20(19)28(33)36/h3-13,24H,14-16H2,1-2H3. The summed E-state index contributed by atoms with van der Waals surface area (Å²) in [7, 11) is 0. The van der Waals surface area contributed by atoms with Crippen LogP contribution >= 0.6 is 11.6 Å². The first-order valence-electron chi connectivity index (χ1n) is 12.1. The van der Waals surface area contributed by atoms with E-state index in [1.807, 2.05) is 41.3 Å². The molecule has 0 saturated heterocycles. The molecule has 8 heteroatoms. The van der Waals surface area contributed by atoms with Crippen molar-refractivity contribution >= 4 is 35.0 Å². The number of imide groups is 1. The molecule has 2 aliphatic heterocycles. The third-order valence-electron chi connectivity index (χ3n) is 7.17. The molecule has 1 aromatic heterocycles. The number of aromatic nitrogens is 1. The van der Waals surface area contributed by atoms with Crippen LogP contribution in [0.1, 0.15) is 64.4 Å². The number of allylic oxidation sites excluding steroid dienone is 2. The van der Waals surface area contributed by atoms with Gasteiger partial charge in [-0.1, -0.05) is 55.8 Å². The number of rotatable bonds is 4. The number of nitrogens with zero attached hydrogens (tertiary/aromatic N) is 3. The summed E-state index contributed by atoms with van der Waals surface area (Å²) in [6.07, 6.45) is 2.71. The third kappa shape index (κ3) is 3.86. The van der Waals surface area contributed by atoms with Gasteiger partial charge in [-0.25, -0.2) is 9.82 Å². The Bertz CT molecular complexity index is 1460. The van der Waals surface area contributed by atoms with E-state index < -0.39 is 11.8 Å². The molecule has 2 aromatic carbocycles. The molecular formula is C29H24ClN3O4. The number of pyridine rings is 1. The van der Waals surface area contributed by atoms with Crippen molar-refractivity contribution in [1.29, 1.82) is 0 Å². The van der Waals surface area contributed by atoms with Crippen molar-refractivity contribution in [3.05, 3.63) is 105 Å². The quantitative estimate of drug-likeness (QED) is 0.428. The second kappa shape index (κ2) is 8.64. The molecule has 186 valence electrons. The number of benzene rings is 2. The van der Waals surface area contributed by atoms with E-state index in [1.165, 1.54) is 0 Å². The number of carbonyl (C=O) groups is 3. The maximum absolute atomic E-state index is 13.7. The molecular weight excluding hydrogens is 490 g/mol. The number of hydrogen-bond acceptors (Lipinski definition) is 6. The van der Waals surface area contributed by atoms with Crippen LogP contribution in [0, 0.1) is 5.41 Å². The van der Waals surface area contributed by atoms with Crippen molar-refractivity contribution in [2.24, 2.45) is 5.41 Å². The lowest BCUT2D eigenvalue weighted by Gasteiger charge is -2.44. The largest absolute Gasteiger partial charge is 0.303 e. The van der Waals surface area contributed by atoms with E-state index in [1.54, 1.807) is 30.5 Å². The highest BCUT2D eigenvalue weighted by Gasteiger charge is 2.45. The Morgan fingerprint density at radius 2 is 1.62 bits per heavy atom. The molecule has 1 unspecified atom stereocenters. The molecule has 3 aromatic rings. The highest BCUT2D eigenvalue weighted by atomic mass is 35.5. The Hall–Kier alpha value is -3.81. The zero-order valence-electron chi connectivity index (χ0n) is 20.4. The number of anilines is 1. The summed E-state index contributed by atoms with van der Waals surface area (Å²) in [5.41, 5.74) is 3.61. The first-order chi connectivity index (χ1) is 17.7. The summed E-state index contributed by atoms with van der Waals surface area (Å²) >= 11 is 6.16. The van der Waals surface area contributed by atoms with Gasteiger partial charge in [0.1, 0.15) is 5.82 Å². The van der Waals surface area contributed by atoms with Crippen molar-refractivity contribution in [3.63, 3.8) is 0 Å². The predicted octanol–water partition coefficient (Wildman–Crippen LogP) is 5.52. The zero-order chi connectivity index (χ0) is 25.9. The smallest absolute Gasteiger partial charge is 0.285 e. The number of hydrogen-bond donors (Lipinski definition) is 0. The van der Waals surface area contributed by atoms with E-state index in [-0.39, 0.29) is 23.8 Å². The number of amides is 2. The zero-order valence-corrected chi connectivity index (χ0v) is 21.2. The molecule has 3 heterocycles. The molecule has 3 aliphatic rings. The topological polar surface area (TPSA) is 79.8 Å². The van der Waals surface area contributed by atoms with Crippen LogP contribution in [0.15, 0.2) is 78.1 Å². The number of Topliss-reactive ketones (excluding diaryl/α,β-unsaturated/α-hetero) is 1. The van der Waals surface area contributed by atoms with Crippen molar-refractivity contribution in [1.82, 2.24) is 10.0 Å². The molecule has 37 heavy (non-hydrogen) atoms. The van der Waals surface area contributed by atoms with Crippen LogP contribution in [0.4, 0.5) is 5.82 Å². The molecule has 1 atom stereocenters. The summed E-state index contributed by atoms with van der Waals surface area (Å²) in [6.45, 7) is 3.97. The van der Waals surface area contributed by atoms with E-state index in [0.717, 1.165) is 21.9 Å². The van der Waals surface area contributed by atoms with E-state index in [0.29, 0.717) is 40.4 Å². The van der Waals surface area contributed by atoms with Gasteiger partial charge in [-0.05, 0) is 47.7 Å². The fourth-order valence-electron chi connectivity index (χ4n) is 5.55. The first-order valence-corrected chi connectivity index (χ1v) is 12.5. The average molecular weight is 514 g/mol. The number of ketones is 1. The van der Waals surface area contributed by atoms with Gasteiger partial charge in [0.05, 0.1) is 11.1 Å². The maximum Gasteiger partial charge on any atom is 0.285 e. The second-order valence-corrected chi connectivity index (χ2v) is 10.8. The van der Waals surface area contributed by atoms with Gasteiger partial charge >= 0.3 is 0 Å². The molecule has 0 saturated carbocycles. The summed E-state index contributed by atoms with van der Waals surface area (Å²) in [5, 5.41) is 1.42. The van der Waals surface area contributed by atoms with E-state index in [9.17, 15) is 14.4 Å². The van der Waals surface area contributed by atoms with Crippen LogP contribution in [-0.2, 0) is 9.63 Å². The molecule has 0 spiro atoms. The molecule has 0 fully saturated rings. The van der Waals surface area contributed by atoms with E-state index in [4.69, 9.17) is 16.4 Å². The van der Waals surface area contributed by atoms with Gasteiger partial charge in [0, 0.05) is 40.4 Å². The monoisotopic (exact) mass is 513 g/mol. The van der Waals surface area contributed by atoms with Crippen LogP contribution < -0.4 is 4.90 Å². The second-order valence-electron chi connectivity index (χ2n) is 10.3. The summed E-state index contributed by atoms with van der Waals surface area (Å²) in [6, 6.07) is 17.9. The normalized spacial score (nSPS) is 20.2. The lowest BCUT2D eigenvalue weighted by molar-refractivity contribution is -0.118. The van der Waals surface area contributed by atoms with Gasteiger partial charge < -0.3 is 4.90 Å². The van der Waals surface area contributed by atoms with Crippen LogP contribution in [0.3, 0.4) is 0 Å². The Morgan fingerprint density at radius 1 is 0.946 bits per heavy atom.